The maximum atomic E-state index is 13.0. The summed E-state index contributed by atoms with van der Waals surface area (Å²) >= 11 is 0. The van der Waals surface area contributed by atoms with Crippen LogP contribution in [0.1, 0.15) is 356 Å². The first-order valence-electron chi connectivity index (χ1n) is 37.5. The summed E-state index contributed by atoms with van der Waals surface area (Å²) in [6, 6.07) is 0. The van der Waals surface area contributed by atoms with Gasteiger partial charge in [0.05, 0.1) is 26.4 Å². The number of phosphoric acid groups is 2. The fourth-order valence-corrected chi connectivity index (χ4v) is 12.2. The van der Waals surface area contributed by atoms with Gasteiger partial charge in [-0.1, -0.05) is 303 Å². The Hall–Kier alpha value is -2.46. The monoisotopic (exact) mass is 1350 g/mol. The van der Waals surface area contributed by atoms with Crippen LogP contribution in [-0.4, -0.2) is 96.7 Å². The predicted octanol–water partition coefficient (Wildman–Crippen LogP) is 20.9. The van der Waals surface area contributed by atoms with Gasteiger partial charge in [-0.05, 0) is 57.3 Å². The molecule has 0 aromatic rings. The van der Waals surface area contributed by atoms with Crippen LogP contribution in [0, 0.1) is 5.92 Å². The first-order chi connectivity index (χ1) is 44.5. The first-order valence-corrected chi connectivity index (χ1v) is 40.4. The van der Waals surface area contributed by atoms with Crippen LogP contribution in [0.5, 0.6) is 0 Å². The lowest BCUT2D eigenvalue weighted by Crippen LogP contribution is -2.30. The molecule has 0 aliphatic carbocycles. The highest BCUT2D eigenvalue weighted by Crippen LogP contribution is 2.45. The van der Waals surface area contributed by atoms with E-state index in [1.54, 1.807) is 0 Å². The van der Waals surface area contributed by atoms with E-state index in [0.717, 1.165) is 109 Å². The minimum atomic E-state index is -4.96. The zero-order valence-electron chi connectivity index (χ0n) is 59.2. The minimum Gasteiger partial charge on any atom is -0.462 e. The Morgan fingerprint density at radius 2 is 0.587 bits per heavy atom. The Morgan fingerprint density at radius 1 is 0.337 bits per heavy atom. The van der Waals surface area contributed by atoms with Crippen molar-refractivity contribution in [2.45, 2.75) is 374 Å². The molecule has 0 rings (SSSR count). The van der Waals surface area contributed by atoms with E-state index in [-0.39, 0.29) is 25.7 Å². The molecule has 19 heteroatoms. The number of unbranched alkanes of at least 4 members (excludes halogenated alkanes) is 40. The molecule has 0 saturated carbocycles. The van der Waals surface area contributed by atoms with Gasteiger partial charge in [0.15, 0.2) is 12.2 Å². The number of ether oxygens (including phenoxy) is 4. The van der Waals surface area contributed by atoms with E-state index < -0.39 is 97.5 Å². The average Bonchev–Trinajstić information content (AvgIpc) is 1.70. The summed E-state index contributed by atoms with van der Waals surface area (Å²) in [7, 11) is -9.92. The zero-order chi connectivity index (χ0) is 67.7. The van der Waals surface area contributed by atoms with Gasteiger partial charge in [0.1, 0.15) is 19.3 Å². The van der Waals surface area contributed by atoms with E-state index in [1.807, 2.05) is 0 Å². The van der Waals surface area contributed by atoms with Crippen molar-refractivity contribution in [3.05, 3.63) is 24.3 Å². The Bertz CT molecular complexity index is 1860. The second kappa shape index (κ2) is 65.8. The van der Waals surface area contributed by atoms with Gasteiger partial charge in [0.2, 0.25) is 0 Å². The van der Waals surface area contributed by atoms with Crippen LogP contribution < -0.4 is 0 Å². The highest BCUT2D eigenvalue weighted by Gasteiger charge is 2.30. The molecule has 542 valence electrons. The third-order valence-corrected chi connectivity index (χ3v) is 18.3. The predicted molar refractivity (Wildman–Crippen MR) is 372 cm³/mol. The van der Waals surface area contributed by atoms with Crippen molar-refractivity contribution in [2.24, 2.45) is 5.92 Å². The van der Waals surface area contributed by atoms with Gasteiger partial charge in [0, 0.05) is 25.7 Å². The summed E-state index contributed by atoms with van der Waals surface area (Å²) in [5.41, 5.74) is 0. The van der Waals surface area contributed by atoms with Crippen LogP contribution >= 0.6 is 15.6 Å². The van der Waals surface area contributed by atoms with Crippen molar-refractivity contribution in [1.29, 1.82) is 0 Å². The number of allylic oxidation sites excluding steroid dienone is 4. The largest absolute Gasteiger partial charge is 0.472 e. The number of aliphatic hydroxyl groups excluding tert-OH is 1. The highest BCUT2D eigenvalue weighted by atomic mass is 31.2. The molecular weight excluding hydrogens is 1210 g/mol. The number of esters is 4. The molecule has 0 bridgehead atoms. The molecule has 0 aliphatic rings. The van der Waals surface area contributed by atoms with Crippen LogP contribution in [0.2, 0.25) is 0 Å². The van der Waals surface area contributed by atoms with E-state index in [0.29, 0.717) is 25.7 Å². The van der Waals surface area contributed by atoms with Crippen LogP contribution in [0.15, 0.2) is 24.3 Å². The number of hydrogen-bond acceptors (Lipinski definition) is 15. The van der Waals surface area contributed by atoms with Crippen LogP contribution in [-0.2, 0) is 65.4 Å². The molecule has 0 aromatic carbocycles. The summed E-state index contributed by atoms with van der Waals surface area (Å²) in [6.45, 7) is 7.18. The molecule has 92 heavy (non-hydrogen) atoms. The Morgan fingerprint density at radius 3 is 0.891 bits per heavy atom. The molecule has 0 saturated heterocycles. The summed E-state index contributed by atoms with van der Waals surface area (Å²) in [4.78, 5) is 72.7. The summed E-state index contributed by atoms with van der Waals surface area (Å²) in [6.07, 6.45) is 56.2. The molecule has 17 nitrogen and oxygen atoms in total. The maximum Gasteiger partial charge on any atom is 0.472 e. The third-order valence-electron chi connectivity index (χ3n) is 16.4. The number of aliphatic hydroxyl groups is 1. The van der Waals surface area contributed by atoms with Crippen molar-refractivity contribution >= 4 is 39.5 Å². The van der Waals surface area contributed by atoms with E-state index in [4.69, 9.17) is 37.0 Å². The van der Waals surface area contributed by atoms with E-state index in [1.165, 1.54) is 167 Å². The molecule has 0 amide bonds. The van der Waals surface area contributed by atoms with Crippen LogP contribution in [0.25, 0.3) is 0 Å². The van der Waals surface area contributed by atoms with Crippen molar-refractivity contribution < 1.29 is 80.2 Å². The number of phosphoric ester groups is 2. The Labute approximate surface area is 561 Å². The molecule has 0 aromatic heterocycles. The normalized spacial score (nSPS) is 14.2. The standard InChI is InChI=1S/C73H138O17P2/c1-6-9-12-15-18-21-24-26-28-30-33-38-43-48-53-58-72(77)89-68(62-84-71(76)57-52-47-42-37-32-29-27-25-22-19-16-13-10-7-2)64-87-91(79,80)85-60-67(74)61-86-92(81,82)88-65-69(63-83-70(75)56-51-46-41-36-31-23-20-17-14-11-8-3)90-73(78)59-54-49-44-39-34-35-40-45-50-55-66(4)5/h21,24,26,28,66-69,74H,6-20,22-23,25,27,29-65H2,1-5H3,(H,79,80)(H,81,82)/b24-21-,28-26-/t67-,68-,69-/m1/s1. The quantitative estimate of drug-likeness (QED) is 0.0169. The van der Waals surface area contributed by atoms with Crippen molar-refractivity contribution in [3.8, 4) is 0 Å². The van der Waals surface area contributed by atoms with Crippen LogP contribution in [0.4, 0.5) is 0 Å². The first kappa shape index (κ1) is 89.5. The average molecular weight is 1350 g/mol. The third kappa shape index (κ3) is 66.2. The molecule has 0 radical (unpaired) electrons. The topological polar surface area (TPSA) is 237 Å². The molecular formula is C73H138O17P2. The number of rotatable bonds is 71. The Kier molecular flexibility index (Phi) is 64.0. The lowest BCUT2D eigenvalue weighted by Gasteiger charge is -2.21. The van der Waals surface area contributed by atoms with E-state index in [2.05, 4.69) is 58.9 Å². The second-order valence-electron chi connectivity index (χ2n) is 26.1. The van der Waals surface area contributed by atoms with Gasteiger partial charge in [0.25, 0.3) is 0 Å². The lowest BCUT2D eigenvalue weighted by molar-refractivity contribution is -0.161. The fourth-order valence-electron chi connectivity index (χ4n) is 10.6. The fraction of sp³-hybridized carbons (Fsp3) is 0.890. The SMILES string of the molecule is CCCCCC/C=C\C=C/CCCCCCCC(=O)O[C@H](COC(=O)CCCCCCCCCCCCCCCC)COP(=O)(O)OC[C@@H](O)COP(=O)(O)OC[C@@H](COC(=O)CCCCCCCCCCCCC)OC(=O)CCCCCCCCCCCC(C)C. The zero-order valence-corrected chi connectivity index (χ0v) is 61.0. The second-order valence-corrected chi connectivity index (χ2v) is 29.0. The Balaban J connectivity index is 5.29. The molecule has 0 spiro atoms. The highest BCUT2D eigenvalue weighted by molar-refractivity contribution is 7.47. The molecule has 3 N–H and O–H groups in total. The van der Waals surface area contributed by atoms with Gasteiger partial charge in [-0.2, -0.15) is 0 Å². The van der Waals surface area contributed by atoms with Gasteiger partial charge in [-0.25, -0.2) is 9.13 Å². The molecule has 5 atom stereocenters. The molecule has 0 heterocycles. The molecule has 2 unspecified atom stereocenters. The van der Waals surface area contributed by atoms with Gasteiger partial charge < -0.3 is 33.8 Å². The smallest absolute Gasteiger partial charge is 0.462 e. The minimum absolute atomic E-state index is 0.0856. The lowest BCUT2D eigenvalue weighted by atomic mass is 10.0. The molecule has 0 aliphatic heterocycles. The van der Waals surface area contributed by atoms with Gasteiger partial charge >= 0.3 is 39.5 Å². The number of hydrogen-bond donors (Lipinski definition) is 3. The van der Waals surface area contributed by atoms with E-state index >= 15 is 0 Å². The number of carbonyl (C=O) groups excluding carboxylic acids is 4. The van der Waals surface area contributed by atoms with Crippen molar-refractivity contribution in [2.75, 3.05) is 39.6 Å². The summed E-state index contributed by atoms with van der Waals surface area (Å²) in [5, 5.41) is 10.6. The number of carbonyl (C=O) groups is 4. The summed E-state index contributed by atoms with van der Waals surface area (Å²) in [5.74, 6) is -1.41. The van der Waals surface area contributed by atoms with Crippen molar-refractivity contribution in [3.63, 3.8) is 0 Å². The molecule has 0 fully saturated rings. The van der Waals surface area contributed by atoms with Gasteiger partial charge in [-0.15, -0.1) is 0 Å². The van der Waals surface area contributed by atoms with Gasteiger partial charge in [-0.3, -0.25) is 37.3 Å². The van der Waals surface area contributed by atoms with Crippen LogP contribution in [0.3, 0.4) is 0 Å². The van der Waals surface area contributed by atoms with E-state index in [9.17, 15) is 43.2 Å². The van der Waals surface area contributed by atoms with Crippen molar-refractivity contribution in [1.82, 2.24) is 0 Å². The summed E-state index contributed by atoms with van der Waals surface area (Å²) < 4.78 is 68.4. The maximum absolute atomic E-state index is 13.0.